The first-order chi connectivity index (χ1) is 16.9. The molecule has 4 N–H and O–H groups in total. The lowest BCUT2D eigenvalue weighted by Gasteiger charge is -2.54. The van der Waals surface area contributed by atoms with Crippen molar-refractivity contribution in [3.05, 3.63) is 23.5 Å². The van der Waals surface area contributed by atoms with Crippen LogP contribution in [0.5, 0.6) is 0 Å². The van der Waals surface area contributed by atoms with Crippen molar-refractivity contribution in [3.8, 4) is 0 Å². The van der Waals surface area contributed by atoms with Crippen molar-refractivity contribution < 1.29 is 19.1 Å². The molecule has 5 atom stereocenters. The van der Waals surface area contributed by atoms with E-state index in [1.54, 1.807) is 10.9 Å². The van der Waals surface area contributed by atoms with E-state index in [0.717, 1.165) is 37.8 Å². The minimum atomic E-state index is -0.707. The van der Waals surface area contributed by atoms with E-state index in [2.05, 4.69) is 29.6 Å². The van der Waals surface area contributed by atoms with Crippen LogP contribution in [0.25, 0.3) is 6.20 Å². The number of nitrogens with one attached hydrogen (secondary N) is 2. The van der Waals surface area contributed by atoms with E-state index in [9.17, 15) is 14.4 Å². The number of ether oxygens (including phenoxy) is 1. The Hall–Kier alpha value is -2.84. The highest BCUT2D eigenvalue weighted by Crippen LogP contribution is 2.66. The van der Waals surface area contributed by atoms with Crippen LogP contribution < -0.4 is 16.4 Å². The average Bonchev–Trinajstić information content (AvgIpc) is 3.21. The van der Waals surface area contributed by atoms with E-state index in [1.165, 1.54) is 6.92 Å². The van der Waals surface area contributed by atoms with Crippen molar-refractivity contribution in [1.29, 1.82) is 0 Å². The van der Waals surface area contributed by atoms with Gasteiger partial charge in [-0.25, -0.2) is 9.48 Å². The Morgan fingerprint density at radius 3 is 2.72 bits per heavy atom. The highest BCUT2D eigenvalue weighted by Gasteiger charge is 2.62. The van der Waals surface area contributed by atoms with Crippen molar-refractivity contribution in [2.45, 2.75) is 84.7 Å². The summed E-state index contributed by atoms with van der Waals surface area (Å²) in [7, 11) is 0. The van der Waals surface area contributed by atoms with Gasteiger partial charge in [-0.3, -0.25) is 9.59 Å². The molecule has 9 nitrogen and oxygen atoms in total. The van der Waals surface area contributed by atoms with Gasteiger partial charge >= 0.3 is 6.09 Å². The van der Waals surface area contributed by atoms with Gasteiger partial charge in [-0.05, 0) is 82.1 Å². The highest BCUT2D eigenvalue weighted by molar-refractivity contribution is 5.95. The second-order valence-corrected chi connectivity index (χ2v) is 12.2. The topological polar surface area (TPSA) is 128 Å². The highest BCUT2D eigenvalue weighted by atomic mass is 16.5. The number of carbonyl (C=O) groups is 3. The van der Waals surface area contributed by atoms with E-state index >= 15 is 0 Å². The maximum atomic E-state index is 13.5. The van der Waals surface area contributed by atoms with Gasteiger partial charge < -0.3 is 21.1 Å². The number of aromatic nitrogens is 2. The summed E-state index contributed by atoms with van der Waals surface area (Å²) in [6, 6.07) is 0.110. The maximum absolute atomic E-state index is 13.5. The maximum Gasteiger partial charge on any atom is 0.404 e. The van der Waals surface area contributed by atoms with Crippen LogP contribution in [0.15, 0.2) is 12.3 Å². The summed E-state index contributed by atoms with van der Waals surface area (Å²) < 4.78 is 6.99. The molecule has 0 radical (unpaired) electrons. The molecule has 2 bridgehead atoms. The van der Waals surface area contributed by atoms with E-state index in [4.69, 9.17) is 10.5 Å². The van der Waals surface area contributed by atoms with Gasteiger partial charge in [0.25, 0.3) is 5.91 Å². The van der Waals surface area contributed by atoms with Crippen LogP contribution in [0.4, 0.5) is 4.79 Å². The number of fused-ring (bicyclic) bond motifs is 1. The predicted octanol–water partition coefficient (Wildman–Crippen LogP) is 3.49. The largest absolute Gasteiger partial charge is 0.449 e. The quantitative estimate of drug-likeness (QED) is 0.479. The van der Waals surface area contributed by atoms with E-state index in [1.807, 2.05) is 26.1 Å². The van der Waals surface area contributed by atoms with Gasteiger partial charge in [-0.15, -0.1) is 0 Å². The van der Waals surface area contributed by atoms with Crippen LogP contribution in [0.3, 0.4) is 0 Å². The molecular weight excluding hydrogens is 458 g/mol. The summed E-state index contributed by atoms with van der Waals surface area (Å²) >= 11 is 0. The van der Waals surface area contributed by atoms with Crippen LogP contribution in [0.1, 0.15) is 82.8 Å². The Morgan fingerprint density at radius 1 is 1.31 bits per heavy atom. The fraction of sp³-hybridized carbons (Fsp3) is 0.704. The van der Waals surface area contributed by atoms with Crippen molar-refractivity contribution in [2.75, 3.05) is 6.61 Å². The standard InChI is InChI=1S/C27H41N5O4/c1-16(2)10-23-20(14-29-32(23)9-8-26(4,5)31-17(3)33)24(34)30-22-7-6-18-11-21-19(22)13-27(21,12-18)15-36-25(28)35/h8-9,14,16,18-19,21-22H,6-7,10-13,15H2,1-5H3,(H2,28,35)(H,30,34)(H,31,33)/b9-8+/t18?,19?,21?,22-,27+/m1/s1. The monoisotopic (exact) mass is 499 g/mol. The SMILES string of the molecule is CC(=O)NC(C)(C)/C=C/n1ncc(C(=O)N[C@@H]2CCC3CC4C2C[C@]4(COC(N)=O)C3)c1CC(C)C. The summed E-state index contributed by atoms with van der Waals surface area (Å²) in [6.45, 7) is 9.95. The number of hydrogen-bond donors (Lipinski definition) is 3. The zero-order valence-corrected chi connectivity index (χ0v) is 22.2. The van der Waals surface area contributed by atoms with Gasteiger partial charge in [0, 0.05) is 24.6 Å². The minimum absolute atomic E-state index is 0.0347. The Bertz CT molecular complexity index is 1040. The summed E-state index contributed by atoms with van der Waals surface area (Å²) in [4.78, 5) is 36.2. The number of carbonyl (C=O) groups excluding carboxylic acids is 3. The fourth-order valence-corrected chi connectivity index (χ4v) is 6.92. The zero-order chi connectivity index (χ0) is 26.3. The third kappa shape index (κ3) is 5.44. The molecule has 3 fully saturated rings. The van der Waals surface area contributed by atoms with Crippen molar-refractivity contribution >= 4 is 24.1 Å². The Balaban J connectivity index is 1.49. The number of amides is 3. The van der Waals surface area contributed by atoms with Gasteiger partial charge in [0.15, 0.2) is 0 Å². The summed E-state index contributed by atoms with van der Waals surface area (Å²) in [5.74, 6) is 1.64. The smallest absolute Gasteiger partial charge is 0.404 e. The molecule has 0 aromatic carbocycles. The summed E-state index contributed by atoms with van der Waals surface area (Å²) in [5, 5.41) is 10.7. The molecular formula is C27H41N5O4. The lowest BCUT2D eigenvalue weighted by molar-refractivity contribution is -0.120. The molecule has 198 valence electrons. The third-order valence-electron chi connectivity index (χ3n) is 8.32. The molecule has 1 aromatic heterocycles. The molecule has 3 amide bonds. The fourth-order valence-electron chi connectivity index (χ4n) is 6.92. The van der Waals surface area contributed by atoms with Crippen LogP contribution in [-0.2, 0) is 16.0 Å². The molecule has 9 heteroatoms. The molecule has 3 saturated carbocycles. The number of primary amides is 1. The van der Waals surface area contributed by atoms with Crippen LogP contribution in [0.2, 0.25) is 0 Å². The molecule has 0 saturated heterocycles. The van der Waals surface area contributed by atoms with E-state index in [-0.39, 0.29) is 23.3 Å². The van der Waals surface area contributed by atoms with Gasteiger partial charge in [-0.2, -0.15) is 5.10 Å². The first-order valence-corrected chi connectivity index (χ1v) is 13.2. The second-order valence-electron chi connectivity index (χ2n) is 12.2. The van der Waals surface area contributed by atoms with Crippen molar-refractivity contribution in [3.63, 3.8) is 0 Å². The molecule has 4 rings (SSSR count). The molecule has 1 aromatic rings. The normalized spacial score (nSPS) is 29.1. The van der Waals surface area contributed by atoms with Gasteiger partial charge in [-0.1, -0.05) is 13.8 Å². The van der Waals surface area contributed by atoms with E-state index < -0.39 is 11.6 Å². The second kappa shape index (κ2) is 9.90. The lowest BCUT2D eigenvalue weighted by atomic mass is 9.53. The summed E-state index contributed by atoms with van der Waals surface area (Å²) in [6.07, 6.45) is 10.6. The predicted molar refractivity (Wildman–Crippen MR) is 137 cm³/mol. The zero-order valence-electron chi connectivity index (χ0n) is 22.2. The van der Waals surface area contributed by atoms with Crippen LogP contribution in [0, 0.1) is 29.1 Å². The molecule has 3 unspecified atom stereocenters. The molecule has 0 spiro atoms. The van der Waals surface area contributed by atoms with E-state index in [0.29, 0.717) is 42.3 Å². The summed E-state index contributed by atoms with van der Waals surface area (Å²) in [5.41, 5.74) is 6.20. The number of rotatable bonds is 9. The average molecular weight is 500 g/mol. The number of hydrogen-bond acceptors (Lipinski definition) is 5. The minimum Gasteiger partial charge on any atom is -0.449 e. The molecule has 0 aliphatic heterocycles. The molecule has 3 aliphatic carbocycles. The first kappa shape index (κ1) is 26.2. The Labute approximate surface area is 213 Å². The molecule has 3 aliphatic rings. The number of nitrogens with zero attached hydrogens (tertiary/aromatic N) is 2. The van der Waals surface area contributed by atoms with Crippen molar-refractivity contribution in [2.24, 2.45) is 34.8 Å². The van der Waals surface area contributed by atoms with Gasteiger partial charge in [0.1, 0.15) is 0 Å². The Kier molecular flexibility index (Phi) is 7.21. The molecule has 1 heterocycles. The van der Waals surface area contributed by atoms with Crippen LogP contribution >= 0.6 is 0 Å². The van der Waals surface area contributed by atoms with Crippen molar-refractivity contribution in [1.82, 2.24) is 20.4 Å². The van der Waals surface area contributed by atoms with Gasteiger partial charge in [0.2, 0.25) is 5.91 Å². The third-order valence-corrected chi connectivity index (χ3v) is 8.32. The number of nitrogens with two attached hydrogens (primary N) is 1. The lowest BCUT2D eigenvalue weighted by Crippen LogP contribution is -2.56. The first-order valence-electron chi connectivity index (χ1n) is 13.2. The Morgan fingerprint density at radius 2 is 2.06 bits per heavy atom. The van der Waals surface area contributed by atoms with Gasteiger partial charge in [0.05, 0.1) is 29.6 Å². The van der Waals surface area contributed by atoms with Crippen LogP contribution in [-0.4, -0.2) is 45.9 Å². The molecule has 36 heavy (non-hydrogen) atoms.